The van der Waals surface area contributed by atoms with Crippen molar-refractivity contribution in [2.45, 2.75) is 187 Å². The second-order valence-electron chi connectivity index (χ2n) is 14.3. The summed E-state index contributed by atoms with van der Waals surface area (Å²) in [5.41, 5.74) is 0. The summed E-state index contributed by atoms with van der Waals surface area (Å²) in [5.74, 6) is -0.400. The third kappa shape index (κ3) is 41.6. The average Bonchev–Trinajstić information content (AvgIpc) is 3.18. The van der Waals surface area contributed by atoms with E-state index in [-0.39, 0.29) is 13.0 Å². The lowest BCUT2D eigenvalue weighted by Crippen LogP contribution is -2.29. The summed E-state index contributed by atoms with van der Waals surface area (Å²) >= 11 is 0. The van der Waals surface area contributed by atoms with Gasteiger partial charge in [0.05, 0.1) is 26.4 Å². The second kappa shape index (κ2) is 41.8. The molecule has 9 nitrogen and oxygen atoms in total. The quantitative estimate of drug-likeness (QED) is 0.0239. The number of unbranched alkanes of at least 4 members (excludes halogenated alkanes) is 17. The van der Waals surface area contributed by atoms with Crippen LogP contribution < -0.4 is 0 Å². The number of phosphoric ester groups is 1. The first kappa shape index (κ1) is 53.2. The standard InChI is InChI=1S/C45H81O9P/c1-3-5-7-9-11-13-15-17-19-21-22-23-25-27-29-31-33-35-37-45(48)54-44(42-53-55(49,50)52-40-43(47)39-46)41-51-38-36-34-32-30-28-26-24-20-18-16-14-12-10-8-6-4-2/h6,8,12,14,18-21,26,28,43-44,46-47H,3-5,7,9-11,13,15-17,22-25,27,29-42H2,1-2H3,(H,49,50)/b8-6-,14-12-,20-18-,21-19-,28-26-. The van der Waals surface area contributed by atoms with E-state index in [2.05, 4.69) is 74.6 Å². The first-order valence-electron chi connectivity index (χ1n) is 21.8. The molecule has 0 saturated carbocycles. The van der Waals surface area contributed by atoms with E-state index in [1.807, 2.05) is 0 Å². The van der Waals surface area contributed by atoms with Gasteiger partial charge < -0.3 is 24.6 Å². The molecule has 0 aromatic heterocycles. The van der Waals surface area contributed by atoms with Crippen LogP contribution in [-0.4, -0.2) is 66.3 Å². The Kier molecular flexibility index (Phi) is 40.4. The third-order valence-corrected chi connectivity index (χ3v) is 9.89. The van der Waals surface area contributed by atoms with Crippen LogP contribution in [0.1, 0.15) is 174 Å². The number of allylic oxidation sites excluding steroid dienone is 10. The van der Waals surface area contributed by atoms with E-state index in [0.29, 0.717) is 13.0 Å². The molecule has 0 aliphatic carbocycles. The van der Waals surface area contributed by atoms with E-state index in [9.17, 15) is 19.4 Å². The van der Waals surface area contributed by atoms with Gasteiger partial charge in [-0.25, -0.2) is 4.57 Å². The predicted octanol–water partition coefficient (Wildman–Crippen LogP) is 12.0. The lowest BCUT2D eigenvalue weighted by Gasteiger charge is -2.20. The van der Waals surface area contributed by atoms with Crippen LogP contribution in [0.5, 0.6) is 0 Å². The molecule has 0 radical (unpaired) electrons. The van der Waals surface area contributed by atoms with Crippen molar-refractivity contribution in [2.75, 3.05) is 33.0 Å². The molecule has 0 aromatic carbocycles. The Bertz CT molecular complexity index is 1040. The molecule has 0 aliphatic rings. The number of aliphatic hydroxyl groups excluding tert-OH is 2. The normalized spacial score (nSPS) is 14.6. The molecule has 55 heavy (non-hydrogen) atoms. The largest absolute Gasteiger partial charge is 0.472 e. The van der Waals surface area contributed by atoms with Gasteiger partial charge >= 0.3 is 13.8 Å². The Hall–Kier alpha value is -1.84. The van der Waals surface area contributed by atoms with E-state index >= 15 is 0 Å². The molecule has 3 unspecified atom stereocenters. The van der Waals surface area contributed by atoms with Crippen molar-refractivity contribution < 1.29 is 43.0 Å². The van der Waals surface area contributed by atoms with Crippen molar-refractivity contribution in [1.29, 1.82) is 0 Å². The topological polar surface area (TPSA) is 132 Å². The number of phosphoric acid groups is 1. The maximum atomic E-state index is 12.6. The lowest BCUT2D eigenvalue weighted by atomic mass is 10.1. The van der Waals surface area contributed by atoms with E-state index in [1.165, 1.54) is 70.6 Å². The Morgan fingerprint density at radius 3 is 1.58 bits per heavy atom. The zero-order chi connectivity index (χ0) is 40.3. The van der Waals surface area contributed by atoms with Crippen molar-refractivity contribution in [3.05, 3.63) is 60.8 Å². The minimum Gasteiger partial charge on any atom is -0.457 e. The first-order valence-corrected chi connectivity index (χ1v) is 23.3. The molecule has 0 amide bonds. The minimum absolute atomic E-state index is 0.0240. The van der Waals surface area contributed by atoms with Gasteiger partial charge in [0.2, 0.25) is 0 Å². The zero-order valence-electron chi connectivity index (χ0n) is 34.9. The van der Waals surface area contributed by atoms with E-state index in [0.717, 1.165) is 77.0 Å². The molecule has 0 rings (SSSR count). The summed E-state index contributed by atoms with van der Waals surface area (Å²) in [4.78, 5) is 22.6. The summed E-state index contributed by atoms with van der Waals surface area (Å²) < 4.78 is 33.3. The molecule has 0 aliphatic heterocycles. The van der Waals surface area contributed by atoms with Gasteiger partial charge in [0.1, 0.15) is 12.2 Å². The number of carbonyl (C=O) groups is 1. The molecule has 10 heteroatoms. The number of carbonyl (C=O) groups excluding carboxylic acids is 1. The summed E-state index contributed by atoms with van der Waals surface area (Å²) in [6, 6.07) is 0. The summed E-state index contributed by atoms with van der Waals surface area (Å²) in [7, 11) is -4.53. The molecule has 0 spiro atoms. The third-order valence-electron chi connectivity index (χ3n) is 8.94. The minimum atomic E-state index is -4.53. The summed E-state index contributed by atoms with van der Waals surface area (Å²) in [6.07, 6.45) is 47.5. The van der Waals surface area contributed by atoms with Crippen LogP contribution in [-0.2, 0) is 27.9 Å². The van der Waals surface area contributed by atoms with Crippen LogP contribution in [0.2, 0.25) is 0 Å². The highest BCUT2D eigenvalue weighted by atomic mass is 31.2. The van der Waals surface area contributed by atoms with Gasteiger partial charge in [-0.05, 0) is 77.0 Å². The molecule has 0 heterocycles. The van der Waals surface area contributed by atoms with E-state index in [1.54, 1.807) is 0 Å². The Labute approximate surface area is 336 Å². The van der Waals surface area contributed by atoms with Crippen molar-refractivity contribution in [3.63, 3.8) is 0 Å². The van der Waals surface area contributed by atoms with Gasteiger partial charge in [-0.1, -0.05) is 152 Å². The van der Waals surface area contributed by atoms with Crippen molar-refractivity contribution in [1.82, 2.24) is 0 Å². The van der Waals surface area contributed by atoms with Crippen LogP contribution in [0.3, 0.4) is 0 Å². The van der Waals surface area contributed by atoms with Crippen molar-refractivity contribution >= 4 is 13.8 Å². The number of aliphatic hydroxyl groups is 2. The highest BCUT2D eigenvalue weighted by Gasteiger charge is 2.26. The number of esters is 1. The molecule has 3 atom stereocenters. The number of rotatable bonds is 41. The number of ether oxygens (including phenoxy) is 2. The molecule has 3 N–H and O–H groups in total. The van der Waals surface area contributed by atoms with Crippen LogP contribution in [0, 0.1) is 0 Å². The monoisotopic (exact) mass is 797 g/mol. The molecule has 0 aromatic rings. The smallest absolute Gasteiger partial charge is 0.457 e. The van der Waals surface area contributed by atoms with Gasteiger partial charge in [0.25, 0.3) is 0 Å². The van der Waals surface area contributed by atoms with Gasteiger partial charge in [-0.2, -0.15) is 0 Å². The fraction of sp³-hybridized carbons (Fsp3) is 0.756. The Morgan fingerprint density at radius 1 is 0.582 bits per heavy atom. The van der Waals surface area contributed by atoms with Crippen LogP contribution in [0.25, 0.3) is 0 Å². The van der Waals surface area contributed by atoms with Crippen LogP contribution in [0.15, 0.2) is 60.8 Å². The number of hydrogen-bond donors (Lipinski definition) is 3. The molecular weight excluding hydrogens is 715 g/mol. The predicted molar refractivity (Wildman–Crippen MR) is 228 cm³/mol. The van der Waals surface area contributed by atoms with Gasteiger partial charge in [-0.3, -0.25) is 13.8 Å². The second-order valence-corrected chi connectivity index (χ2v) is 15.8. The maximum absolute atomic E-state index is 12.6. The fourth-order valence-corrected chi connectivity index (χ4v) is 6.42. The SMILES string of the molecule is CC/C=C\C/C=C\C/C=C\C/C=C\CCCCCOCC(COP(=O)(O)OCC(O)CO)OC(=O)CCCCCCCCC/C=C\CCCCCCCCC. The van der Waals surface area contributed by atoms with Crippen molar-refractivity contribution in [3.8, 4) is 0 Å². The number of hydrogen-bond acceptors (Lipinski definition) is 8. The van der Waals surface area contributed by atoms with Gasteiger partial charge in [0, 0.05) is 13.0 Å². The van der Waals surface area contributed by atoms with Gasteiger partial charge in [0.15, 0.2) is 0 Å². The zero-order valence-corrected chi connectivity index (χ0v) is 35.8. The molecule has 0 bridgehead atoms. The molecule has 320 valence electrons. The summed E-state index contributed by atoms with van der Waals surface area (Å²) in [5, 5.41) is 18.3. The molecule has 0 saturated heterocycles. The Balaban J connectivity index is 4.24. The van der Waals surface area contributed by atoms with E-state index in [4.69, 9.17) is 23.6 Å². The van der Waals surface area contributed by atoms with Crippen LogP contribution in [0.4, 0.5) is 0 Å². The van der Waals surface area contributed by atoms with Crippen molar-refractivity contribution in [2.24, 2.45) is 0 Å². The average molecular weight is 797 g/mol. The first-order chi connectivity index (χ1) is 26.8. The molecule has 0 fully saturated rings. The molecular formula is C45H81O9P. The van der Waals surface area contributed by atoms with E-state index < -0.39 is 45.8 Å². The van der Waals surface area contributed by atoms with Gasteiger partial charge in [-0.15, -0.1) is 0 Å². The summed E-state index contributed by atoms with van der Waals surface area (Å²) in [6.45, 7) is 3.31. The highest BCUT2D eigenvalue weighted by Crippen LogP contribution is 2.43. The lowest BCUT2D eigenvalue weighted by molar-refractivity contribution is -0.154. The van der Waals surface area contributed by atoms with Crippen LogP contribution >= 0.6 is 7.82 Å². The highest BCUT2D eigenvalue weighted by molar-refractivity contribution is 7.47. The maximum Gasteiger partial charge on any atom is 0.472 e. The Morgan fingerprint density at radius 2 is 1.04 bits per heavy atom. The fourth-order valence-electron chi connectivity index (χ4n) is 5.63.